The summed E-state index contributed by atoms with van der Waals surface area (Å²) in [6.45, 7) is 3.30. The number of rotatable bonds is 3. The SMILES string of the molecule is CCn1c(-c2ccc(F)cn2)nc2cc(CN)ccc21. The molecule has 4 nitrogen and oxygen atoms in total. The van der Waals surface area contributed by atoms with Gasteiger partial charge in [0.25, 0.3) is 0 Å². The molecule has 2 aromatic heterocycles. The number of nitrogens with two attached hydrogens (primary N) is 1. The van der Waals surface area contributed by atoms with Crippen molar-refractivity contribution >= 4 is 11.0 Å². The van der Waals surface area contributed by atoms with E-state index < -0.39 is 0 Å². The van der Waals surface area contributed by atoms with Crippen LogP contribution in [0.1, 0.15) is 12.5 Å². The molecule has 102 valence electrons. The lowest BCUT2D eigenvalue weighted by Crippen LogP contribution is -1.99. The average molecular weight is 270 g/mol. The van der Waals surface area contributed by atoms with E-state index in [0.29, 0.717) is 12.2 Å². The molecule has 2 N–H and O–H groups in total. The van der Waals surface area contributed by atoms with E-state index in [9.17, 15) is 4.39 Å². The van der Waals surface area contributed by atoms with Crippen LogP contribution in [0.5, 0.6) is 0 Å². The second-order valence-electron chi connectivity index (χ2n) is 4.57. The topological polar surface area (TPSA) is 56.7 Å². The number of pyridine rings is 1. The molecule has 1 aromatic carbocycles. The number of aromatic nitrogens is 3. The first-order valence-electron chi connectivity index (χ1n) is 6.54. The second-order valence-corrected chi connectivity index (χ2v) is 4.57. The second kappa shape index (κ2) is 5.02. The fraction of sp³-hybridized carbons (Fsp3) is 0.200. The third-order valence-corrected chi connectivity index (χ3v) is 3.32. The summed E-state index contributed by atoms with van der Waals surface area (Å²) in [6.07, 6.45) is 1.21. The molecule has 0 unspecified atom stereocenters. The zero-order chi connectivity index (χ0) is 14.1. The van der Waals surface area contributed by atoms with Gasteiger partial charge in [0.2, 0.25) is 0 Å². The van der Waals surface area contributed by atoms with Crippen molar-refractivity contribution in [1.82, 2.24) is 14.5 Å². The van der Waals surface area contributed by atoms with Gasteiger partial charge in [-0.05, 0) is 36.8 Å². The van der Waals surface area contributed by atoms with Crippen LogP contribution < -0.4 is 5.73 Å². The van der Waals surface area contributed by atoms with Gasteiger partial charge in [0.1, 0.15) is 11.5 Å². The highest BCUT2D eigenvalue weighted by atomic mass is 19.1. The van der Waals surface area contributed by atoms with Gasteiger partial charge in [-0.3, -0.25) is 0 Å². The Kier molecular flexibility index (Phi) is 3.20. The fourth-order valence-corrected chi connectivity index (χ4v) is 2.33. The van der Waals surface area contributed by atoms with E-state index in [1.807, 2.05) is 25.1 Å². The van der Waals surface area contributed by atoms with Gasteiger partial charge in [0.05, 0.1) is 17.2 Å². The number of aryl methyl sites for hydroxylation is 1. The minimum Gasteiger partial charge on any atom is -0.326 e. The zero-order valence-electron chi connectivity index (χ0n) is 11.2. The molecular weight excluding hydrogens is 255 g/mol. The highest BCUT2D eigenvalue weighted by molar-refractivity contribution is 5.80. The first-order chi connectivity index (χ1) is 9.72. The van der Waals surface area contributed by atoms with E-state index in [1.165, 1.54) is 12.3 Å². The maximum Gasteiger partial charge on any atom is 0.159 e. The van der Waals surface area contributed by atoms with Crippen molar-refractivity contribution in [3.63, 3.8) is 0 Å². The van der Waals surface area contributed by atoms with Crippen LogP contribution in [-0.2, 0) is 13.1 Å². The molecule has 0 aliphatic rings. The molecule has 2 heterocycles. The lowest BCUT2D eigenvalue weighted by atomic mass is 10.2. The minimum atomic E-state index is -0.349. The van der Waals surface area contributed by atoms with Crippen LogP contribution in [0.25, 0.3) is 22.6 Å². The molecule has 0 bridgehead atoms. The van der Waals surface area contributed by atoms with E-state index in [1.54, 1.807) is 6.07 Å². The van der Waals surface area contributed by atoms with Crippen LogP contribution in [-0.4, -0.2) is 14.5 Å². The number of hydrogen-bond donors (Lipinski definition) is 1. The number of hydrogen-bond acceptors (Lipinski definition) is 3. The van der Waals surface area contributed by atoms with Crippen molar-refractivity contribution in [2.24, 2.45) is 5.73 Å². The predicted octanol–water partition coefficient (Wildman–Crippen LogP) is 2.72. The standard InChI is InChI=1S/C15H15FN4/c1-2-20-14-6-3-10(8-17)7-13(14)19-15(20)12-5-4-11(16)9-18-12/h3-7,9H,2,8,17H2,1H3. The van der Waals surface area contributed by atoms with Crippen LogP contribution in [0.15, 0.2) is 36.5 Å². The van der Waals surface area contributed by atoms with Crippen molar-refractivity contribution in [2.45, 2.75) is 20.0 Å². The van der Waals surface area contributed by atoms with Crippen LogP contribution in [0.3, 0.4) is 0 Å². The highest BCUT2D eigenvalue weighted by Gasteiger charge is 2.12. The molecule has 5 heteroatoms. The van der Waals surface area contributed by atoms with Gasteiger partial charge in [-0.25, -0.2) is 14.4 Å². The van der Waals surface area contributed by atoms with Gasteiger partial charge in [-0.15, -0.1) is 0 Å². The van der Waals surface area contributed by atoms with E-state index >= 15 is 0 Å². The summed E-state index contributed by atoms with van der Waals surface area (Å²) >= 11 is 0. The molecule has 0 amide bonds. The van der Waals surface area contributed by atoms with E-state index in [-0.39, 0.29) is 5.82 Å². The summed E-state index contributed by atoms with van der Waals surface area (Å²) in [7, 11) is 0. The molecule has 3 rings (SSSR count). The molecule has 0 fully saturated rings. The van der Waals surface area contributed by atoms with Crippen molar-refractivity contribution in [1.29, 1.82) is 0 Å². The number of nitrogens with zero attached hydrogens (tertiary/aromatic N) is 3. The van der Waals surface area contributed by atoms with Crippen LogP contribution >= 0.6 is 0 Å². The van der Waals surface area contributed by atoms with Crippen molar-refractivity contribution in [3.05, 3.63) is 47.9 Å². The molecule has 0 saturated heterocycles. The molecule has 0 spiro atoms. The maximum atomic E-state index is 13.0. The quantitative estimate of drug-likeness (QED) is 0.796. The highest BCUT2D eigenvalue weighted by Crippen LogP contribution is 2.24. The van der Waals surface area contributed by atoms with Crippen molar-refractivity contribution in [2.75, 3.05) is 0 Å². The molecule has 0 atom stereocenters. The van der Waals surface area contributed by atoms with Gasteiger partial charge >= 0.3 is 0 Å². The summed E-state index contributed by atoms with van der Waals surface area (Å²) in [6, 6.07) is 9.03. The molecule has 0 aliphatic heterocycles. The lowest BCUT2D eigenvalue weighted by Gasteiger charge is -2.05. The summed E-state index contributed by atoms with van der Waals surface area (Å²) in [5.74, 6) is 0.398. The molecule has 0 radical (unpaired) electrons. The monoisotopic (exact) mass is 270 g/mol. The van der Waals surface area contributed by atoms with Gasteiger partial charge in [0.15, 0.2) is 5.82 Å². The normalized spacial score (nSPS) is 11.2. The summed E-state index contributed by atoms with van der Waals surface area (Å²) in [5.41, 5.74) is 9.28. The van der Waals surface area contributed by atoms with E-state index in [2.05, 4.69) is 14.5 Å². The molecule has 3 aromatic rings. The Balaban J connectivity index is 2.21. The fourth-order valence-electron chi connectivity index (χ4n) is 2.33. The summed E-state index contributed by atoms with van der Waals surface area (Å²) in [4.78, 5) is 8.73. The lowest BCUT2D eigenvalue weighted by molar-refractivity contribution is 0.621. The Hall–Kier alpha value is -2.27. The Morgan fingerprint density at radius 3 is 2.75 bits per heavy atom. The number of benzene rings is 1. The average Bonchev–Trinajstić information content (AvgIpc) is 2.85. The molecule has 0 saturated carbocycles. The van der Waals surface area contributed by atoms with Gasteiger partial charge < -0.3 is 10.3 Å². The Bertz CT molecular complexity index is 746. The third kappa shape index (κ3) is 2.06. The molecular formula is C15H15FN4. The molecule has 0 aliphatic carbocycles. The first kappa shape index (κ1) is 12.7. The zero-order valence-corrected chi connectivity index (χ0v) is 11.2. The number of halogens is 1. The maximum absolute atomic E-state index is 13.0. The molecule has 20 heavy (non-hydrogen) atoms. The Morgan fingerprint density at radius 1 is 1.25 bits per heavy atom. The van der Waals surface area contributed by atoms with Gasteiger partial charge in [-0.2, -0.15) is 0 Å². The van der Waals surface area contributed by atoms with Crippen LogP contribution in [0, 0.1) is 5.82 Å². The van der Waals surface area contributed by atoms with E-state index in [0.717, 1.165) is 29.0 Å². The van der Waals surface area contributed by atoms with Crippen LogP contribution in [0.4, 0.5) is 4.39 Å². The van der Waals surface area contributed by atoms with Crippen molar-refractivity contribution < 1.29 is 4.39 Å². The predicted molar refractivity (Wildman–Crippen MR) is 76.5 cm³/mol. The summed E-state index contributed by atoms with van der Waals surface area (Å²) in [5, 5.41) is 0. The van der Waals surface area contributed by atoms with Gasteiger partial charge in [-0.1, -0.05) is 6.07 Å². The van der Waals surface area contributed by atoms with Crippen LogP contribution in [0.2, 0.25) is 0 Å². The largest absolute Gasteiger partial charge is 0.326 e. The first-order valence-corrected chi connectivity index (χ1v) is 6.54. The van der Waals surface area contributed by atoms with E-state index in [4.69, 9.17) is 5.73 Å². The summed E-state index contributed by atoms with van der Waals surface area (Å²) < 4.78 is 15.0. The van der Waals surface area contributed by atoms with Crippen molar-refractivity contribution in [3.8, 4) is 11.5 Å². The Labute approximate surface area is 116 Å². The third-order valence-electron chi connectivity index (χ3n) is 3.32. The smallest absolute Gasteiger partial charge is 0.159 e. The van der Waals surface area contributed by atoms with Gasteiger partial charge in [0, 0.05) is 13.1 Å². The Morgan fingerprint density at radius 2 is 2.10 bits per heavy atom. The minimum absolute atomic E-state index is 0.349. The number of imidazole rings is 1. The number of fused-ring (bicyclic) bond motifs is 1.